The van der Waals surface area contributed by atoms with Gasteiger partial charge >= 0.3 is 0 Å². The molecule has 3 aromatic rings. The Balaban J connectivity index is 1.70. The largest absolute Gasteiger partial charge is 0.310 e. The number of rotatable bonds is 4. The summed E-state index contributed by atoms with van der Waals surface area (Å²) >= 11 is 4.68. The number of carbonyl (C=O) groups is 1. The first kappa shape index (κ1) is 18.9. The van der Waals surface area contributed by atoms with Crippen LogP contribution in [0, 0.1) is 5.82 Å². The van der Waals surface area contributed by atoms with Crippen LogP contribution in [0.1, 0.15) is 29.0 Å². The number of benzene rings is 2. The molecule has 1 unspecified atom stereocenters. The van der Waals surface area contributed by atoms with Crippen LogP contribution >= 0.6 is 27.7 Å². The van der Waals surface area contributed by atoms with Crippen molar-refractivity contribution in [3.05, 3.63) is 85.9 Å². The summed E-state index contributed by atoms with van der Waals surface area (Å²) in [6.45, 7) is 0. The van der Waals surface area contributed by atoms with Gasteiger partial charge in [0.2, 0.25) is 5.91 Å². The number of carbonyl (C=O) groups excluding carboxylic acids is 1. The van der Waals surface area contributed by atoms with Crippen LogP contribution in [0.25, 0.3) is 0 Å². The number of aromatic nitrogens is 2. The maximum atomic E-state index is 14.4. The van der Waals surface area contributed by atoms with Gasteiger partial charge in [-0.2, -0.15) is 0 Å². The predicted molar refractivity (Wildman–Crippen MR) is 110 cm³/mol. The lowest BCUT2D eigenvalue weighted by Crippen LogP contribution is -2.31. The van der Waals surface area contributed by atoms with Gasteiger partial charge in [-0.15, -0.1) is 0 Å². The molecule has 2 heterocycles. The van der Waals surface area contributed by atoms with Gasteiger partial charge in [0, 0.05) is 22.6 Å². The van der Waals surface area contributed by atoms with Crippen molar-refractivity contribution in [2.45, 2.75) is 23.2 Å². The van der Waals surface area contributed by atoms with E-state index in [0.717, 1.165) is 5.56 Å². The number of nitrogens with one attached hydrogen (secondary N) is 2. The van der Waals surface area contributed by atoms with Crippen molar-refractivity contribution in [1.29, 1.82) is 0 Å². The summed E-state index contributed by atoms with van der Waals surface area (Å²) in [6.07, 6.45) is -0.0123. The summed E-state index contributed by atoms with van der Waals surface area (Å²) in [5.41, 5.74) is 1.29. The van der Waals surface area contributed by atoms with Gasteiger partial charge in [-0.3, -0.25) is 9.59 Å². The first-order valence-corrected chi connectivity index (χ1v) is 10.3. The molecule has 8 heteroatoms. The highest BCUT2D eigenvalue weighted by atomic mass is 79.9. The molecule has 1 atom stereocenters. The average molecular weight is 460 g/mol. The van der Waals surface area contributed by atoms with Crippen molar-refractivity contribution in [3.8, 4) is 0 Å². The molecule has 0 radical (unpaired) electrons. The molecule has 0 aliphatic carbocycles. The lowest BCUT2D eigenvalue weighted by Gasteiger charge is -2.25. The van der Waals surface area contributed by atoms with E-state index in [9.17, 15) is 14.0 Å². The first-order valence-electron chi connectivity index (χ1n) is 8.57. The van der Waals surface area contributed by atoms with Crippen molar-refractivity contribution < 1.29 is 9.18 Å². The van der Waals surface area contributed by atoms with Crippen molar-refractivity contribution in [2.75, 3.05) is 5.32 Å². The molecule has 142 valence electrons. The number of amides is 1. The van der Waals surface area contributed by atoms with Crippen molar-refractivity contribution >= 4 is 39.4 Å². The molecule has 4 rings (SSSR count). The van der Waals surface area contributed by atoms with E-state index in [1.807, 2.05) is 30.3 Å². The number of H-pyrrole nitrogens is 1. The fourth-order valence-electron chi connectivity index (χ4n) is 3.19. The highest BCUT2D eigenvalue weighted by Crippen LogP contribution is 2.36. The minimum absolute atomic E-state index is 0.0123. The fourth-order valence-corrected chi connectivity index (χ4v) is 4.39. The third kappa shape index (κ3) is 3.88. The van der Waals surface area contributed by atoms with E-state index in [0.29, 0.717) is 20.9 Å². The summed E-state index contributed by atoms with van der Waals surface area (Å²) < 4.78 is 15.1. The van der Waals surface area contributed by atoms with Crippen LogP contribution in [-0.2, 0) is 10.5 Å². The summed E-state index contributed by atoms with van der Waals surface area (Å²) in [5, 5.41) is 3.06. The zero-order chi connectivity index (χ0) is 19.7. The highest BCUT2D eigenvalue weighted by Gasteiger charge is 2.32. The molecule has 0 bridgehead atoms. The summed E-state index contributed by atoms with van der Waals surface area (Å²) in [4.78, 5) is 32.2. The lowest BCUT2D eigenvalue weighted by atomic mass is 9.86. The molecule has 0 saturated carbocycles. The fraction of sp³-hybridized carbons (Fsp3) is 0.150. The molecule has 0 saturated heterocycles. The second-order valence-corrected chi connectivity index (χ2v) is 8.26. The van der Waals surface area contributed by atoms with E-state index < -0.39 is 11.7 Å². The Bertz CT molecular complexity index is 1100. The first-order chi connectivity index (χ1) is 13.5. The Labute approximate surface area is 172 Å². The minimum atomic E-state index is -0.689. The van der Waals surface area contributed by atoms with Gasteiger partial charge in [-0.1, -0.05) is 58.0 Å². The van der Waals surface area contributed by atoms with Crippen LogP contribution in [0.5, 0.6) is 0 Å². The Morgan fingerprint density at radius 1 is 1.18 bits per heavy atom. The monoisotopic (exact) mass is 459 g/mol. The molecule has 1 aromatic heterocycles. The van der Waals surface area contributed by atoms with Crippen LogP contribution in [0.3, 0.4) is 0 Å². The molecule has 28 heavy (non-hydrogen) atoms. The van der Waals surface area contributed by atoms with Gasteiger partial charge in [0.1, 0.15) is 11.6 Å². The second kappa shape index (κ2) is 7.89. The molecular formula is C20H15BrFN3O2S. The Morgan fingerprint density at radius 3 is 2.75 bits per heavy atom. The Morgan fingerprint density at radius 2 is 1.96 bits per heavy atom. The molecule has 1 amide bonds. The topological polar surface area (TPSA) is 74.8 Å². The molecule has 5 nitrogen and oxygen atoms in total. The molecule has 1 aliphatic rings. The van der Waals surface area contributed by atoms with E-state index in [1.165, 1.54) is 17.8 Å². The summed E-state index contributed by atoms with van der Waals surface area (Å²) in [5.74, 6) is -0.629. The zero-order valence-electron chi connectivity index (χ0n) is 14.5. The zero-order valence-corrected chi connectivity index (χ0v) is 16.9. The number of nitrogens with zero attached hydrogens (tertiary/aromatic N) is 1. The van der Waals surface area contributed by atoms with Crippen molar-refractivity contribution in [2.24, 2.45) is 0 Å². The number of fused-ring (bicyclic) bond motifs is 1. The van der Waals surface area contributed by atoms with E-state index in [1.54, 1.807) is 12.1 Å². The normalized spacial score (nSPS) is 15.8. The predicted octanol–water partition coefficient (Wildman–Crippen LogP) is 4.44. The van der Waals surface area contributed by atoms with Gasteiger partial charge in [0.25, 0.3) is 5.56 Å². The Kier molecular flexibility index (Phi) is 5.32. The van der Waals surface area contributed by atoms with E-state index in [-0.39, 0.29) is 29.3 Å². The third-order valence-electron chi connectivity index (χ3n) is 4.48. The Hall–Kier alpha value is -2.45. The van der Waals surface area contributed by atoms with Gasteiger partial charge in [-0.25, -0.2) is 9.37 Å². The third-order valence-corrected chi connectivity index (χ3v) is 5.92. The SMILES string of the molecule is O=C1CC(c2cc(Br)ccc2F)c2c(nc(SCc3ccccc3)[nH]c2=O)N1. The minimum Gasteiger partial charge on any atom is -0.310 e. The smallest absolute Gasteiger partial charge is 0.257 e. The number of anilines is 1. The number of halogens is 2. The maximum absolute atomic E-state index is 14.4. The molecule has 0 fully saturated rings. The average Bonchev–Trinajstić information content (AvgIpc) is 2.68. The van der Waals surface area contributed by atoms with Crippen molar-refractivity contribution in [3.63, 3.8) is 0 Å². The summed E-state index contributed by atoms with van der Waals surface area (Å²) in [7, 11) is 0. The van der Waals surface area contributed by atoms with Crippen LogP contribution in [-0.4, -0.2) is 15.9 Å². The second-order valence-electron chi connectivity index (χ2n) is 6.38. The summed E-state index contributed by atoms with van der Waals surface area (Å²) in [6, 6.07) is 14.3. The van der Waals surface area contributed by atoms with Crippen LogP contribution in [0.4, 0.5) is 10.2 Å². The molecule has 0 spiro atoms. The molecule has 2 aromatic carbocycles. The van der Waals surface area contributed by atoms with Crippen LogP contribution in [0.2, 0.25) is 0 Å². The van der Waals surface area contributed by atoms with E-state index >= 15 is 0 Å². The maximum Gasteiger partial charge on any atom is 0.257 e. The van der Waals surface area contributed by atoms with Crippen LogP contribution in [0.15, 0.2) is 63.0 Å². The van der Waals surface area contributed by atoms with Crippen LogP contribution < -0.4 is 10.9 Å². The quantitative estimate of drug-likeness (QED) is 0.446. The van der Waals surface area contributed by atoms with E-state index in [4.69, 9.17) is 0 Å². The number of thioether (sulfide) groups is 1. The highest BCUT2D eigenvalue weighted by molar-refractivity contribution is 9.10. The molecule has 2 N–H and O–H groups in total. The van der Waals surface area contributed by atoms with Gasteiger partial charge in [0.15, 0.2) is 5.16 Å². The lowest BCUT2D eigenvalue weighted by molar-refractivity contribution is -0.116. The van der Waals surface area contributed by atoms with Gasteiger partial charge in [0.05, 0.1) is 5.56 Å². The molecular weight excluding hydrogens is 445 g/mol. The number of hydrogen-bond donors (Lipinski definition) is 2. The standard InChI is InChI=1S/C20H15BrFN3O2S/c21-12-6-7-15(22)13(8-12)14-9-16(26)23-18-17(14)19(27)25-20(24-18)28-10-11-4-2-1-3-5-11/h1-8,14H,9-10H2,(H2,23,24,25,26,27). The molecule has 1 aliphatic heterocycles. The number of hydrogen-bond acceptors (Lipinski definition) is 4. The van der Waals surface area contributed by atoms with Gasteiger partial charge in [-0.05, 0) is 29.3 Å². The van der Waals surface area contributed by atoms with Gasteiger partial charge < -0.3 is 10.3 Å². The van der Waals surface area contributed by atoms with E-state index in [2.05, 4.69) is 31.2 Å². The number of aromatic amines is 1. The van der Waals surface area contributed by atoms with Crippen molar-refractivity contribution in [1.82, 2.24) is 9.97 Å².